The molecule has 2 heteroatoms. The van der Waals surface area contributed by atoms with E-state index < -0.39 is 0 Å². The van der Waals surface area contributed by atoms with Crippen LogP contribution in [0.15, 0.2) is 28.7 Å². The smallest absolute Gasteiger partial charge is 0.0175 e. The Balaban J connectivity index is 1.50. The van der Waals surface area contributed by atoms with Crippen LogP contribution in [0, 0.1) is 0 Å². The third kappa shape index (κ3) is 5.21. The average molecular weight is 338 g/mol. The Morgan fingerprint density at radius 3 is 2.35 bits per heavy atom. The van der Waals surface area contributed by atoms with Gasteiger partial charge in [0.15, 0.2) is 0 Å². The first kappa shape index (κ1) is 16.0. The van der Waals surface area contributed by atoms with Gasteiger partial charge < -0.3 is 5.32 Å². The molecule has 20 heavy (non-hydrogen) atoms. The number of hydrogen-bond acceptors (Lipinski definition) is 1. The molecule has 0 heterocycles. The second-order valence-corrected chi connectivity index (χ2v) is 7.05. The summed E-state index contributed by atoms with van der Waals surface area (Å²) in [6.45, 7) is 3.49. The molecule has 0 saturated heterocycles. The summed E-state index contributed by atoms with van der Waals surface area (Å²) in [5, 5.41) is 3.71. The quantitative estimate of drug-likeness (QED) is 0.574. The van der Waals surface area contributed by atoms with E-state index in [1.54, 1.807) is 0 Å². The van der Waals surface area contributed by atoms with Crippen LogP contribution in [0.25, 0.3) is 0 Å². The first-order chi connectivity index (χ1) is 9.79. The van der Waals surface area contributed by atoms with Gasteiger partial charge in [-0.05, 0) is 49.4 Å². The number of unbranched alkanes of at least 4 members (excludes halogenated alkanes) is 5. The number of halogens is 1. The van der Waals surface area contributed by atoms with Crippen LogP contribution >= 0.6 is 15.9 Å². The molecule has 0 amide bonds. The predicted molar refractivity (Wildman–Crippen MR) is 91.3 cm³/mol. The maximum Gasteiger partial charge on any atom is 0.0175 e. The standard InChI is InChI=1S/C18H28BrN/c1-2-3-4-5-6-7-12-20-18-13-16(14-18)15-8-10-17(19)11-9-15/h8-11,16,18,20H,2-7,12-14H2,1H3. The largest absolute Gasteiger partial charge is 0.314 e. The molecule has 1 aromatic rings. The zero-order valence-corrected chi connectivity index (χ0v) is 14.3. The van der Waals surface area contributed by atoms with Gasteiger partial charge in [-0.15, -0.1) is 0 Å². The van der Waals surface area contributed by atoms with E-state index in [-0.39, 0.29) is 0 Å². The van der Waals surface area contributed by atoms with Crippen molar-refractivity contribution in [3.63, 3.8) is 0 Å². The molecule has 112 valence electrons. The van der Waals surface area contributed by atoms with Gasteiger partial charge in [-0.3, -0.25) is 0 Å². The fraction of sp³-hybridized carbons (Fsp3) is 0.667. The lowest BCUT2D eigenvalue weighted by molar-refractivity contribution is 0.289. The first-order valence-corrected chi connectivity index (χ1v) is 9.07. The molecule has 1 nitrogen and oxygen atoms in total. The molecule has 2 rings (SSSR count). The van der Waals surface area contributed by atoms with Crippen molar-refractivity contribution in [3.05, 3.63) is 34.3 Å². The van der Waals surface area contributed by atoms with Crippen molar-refractivity contribution >= 4 is 15.9 Å². The molecule has 0 aliphatic heterocycles. The molecule has 0 aromatic heterocycles. The van der Waals surface area contributed by atoms with Gasteiger partial charge in [-0.2, -0.15) is 0 Å². The highest BCUT2D eigenvalue weighted by atomic mass is 79.9. The Morgan fingerprint density at radius 1 is 1.00 bits per heavy atom. The third-order valence-electron chi connectivity index (χ3n) is 4.44. The molecule has 0 radical (unpaired) electrons. The van der Waals surface area contributed by atoms with Crippen LogP contribution in [0.2, 0.25) is 0 Å². The van der Waals surface area contributed by atoms with E-state index in [0.29, 0.717) is 0 Å². The van der Waals surface area contributed by atoms with Crippen molar-refractivity contribution in [2.75, 3.05) is 6.54 Å². The molecule has 1 aliphatic rings. The zero-order valence-electron chi connectivity index (χ0n) is 12.7. The third-order valence-corrected chi connectivity index (χ3v) is 4.97. The highest BCUT2D eigenvalue weighted by molar-refractivity contribution is 9.10. The lowest BCUT2D eigenvalue weighted by Gasteiger charge is -2.36. The van der Waals surface area contributed by atoms with Gasteiger partial charge in [0.05, 0.1) is 0 Å². The number of hydrogen-bond donors (Lipinski definition) is 1. The molecule has 0 bridgehead atoms. The van der Waals surface area contributed by atoms with Crippen LogP contribution < -0.4 is 5.32 Å². The van der Waals surface area contributed by atoms with E-state index in [0.717, 1.165) is 12.0 Å². The van der Waals surface area contributed by atoms with E-state index in [9.17, 15) is 0 Å². The van der Waals surface area contributed by atoms with Gasteiger partial charge in [0.2, 0.25) is 0 Å². The van der Waals surface area contributed by atoms with Crippen LogP contribution in [0.1, 0.15) is 69.8 Å². The summed E-state index contributed by atoms with van der Waals surface area (Å²) in [6.07, 6.45) is 11.0. The van der Waals surface area contributed by atoms with E-state index in [2.05, 4.69) is 52.4 Å². The van der Waals surface area contributed by atoms with Gasteiger partial charge in [0.25, 0.3) is 0 Å². The van der Waals surface area contributed by atoms with Crippen molar-refractivity contribution in [2.45, 2.75) is 70.3 Å². The van der Waals surface area contributed by atoms with E-state index in [1.165, 1.54) is 67.9 Å². The zero-order chi connectivity index (χ0) is 14.2. The van der Waals surface area contributed by atoms with E-state index in [4.69, 9.17) is 0 Å². The normalized spacial score (nSPS) is 21.7. The molecule has 0 atom stereocenters. The number of rotatable bonds is 9. The summed E-state index contributed by atoms with van der Waals surface area (Å²) in [6, 6.07) is 9.61. The van der Waals surface area contributed by atoms with Crippen LogP contribution in [0.5, 0.6) is 0 Å². The predicted octanol–water partition coefficient (Wildman–Crippen LogP) is 5.65. The fourth-order valence-electron chi connectivity index (χ4n) is 3.00. The van der Waals surface area contributed by atoms with E-state index in [1.807, 2.05) is 0 Å². The average Bonchev–Trinajstić information content (AvgIpc) is 2.41. The van der Waals surface area contributed by atoms with E-state index >= 15 is 0 Å². The van der Waals surface area contributed by atoms with Crippen molar-refractivity contribution in [3.8, 4) is 0 Å². The Labute approximate surface area is 132 Å². The SMILES string of the molecule is CCCCCCCCNC1CC(c2ccc(Br)cc2)C1. The van der Waals surface area contributed by atoms with Crippen LogP contribution in [0.4, 0.5) is 0 Å². The van der Waals surface area contributed by atoms with Gasteiger partial charge >= 0.3 is 0 Å². The molecular formula is C18H28BrN. The van der Waals surface area contributed by atoms with Gasteiger partial charge in [-0.25, -0.2) is 0 Å². The van der Waals surface area contributed by atoms with Crippen molar-refractivity contribution in [1.82, 2.24) is 5.32 Å². The molecule has 1 N–H and O–H groups in total. The summed E-state index contributed by atoms with van der Waals surface area (Å²) in [5.41, 5.74) is 1.51. The maximum absolute atomic E-state index is 3.71. The molecule has 0 spiro atoms. The Bertz CT molecular complexity index is 368. The lowest BCUT2D eigenvalue weighted by atomic mass is 9.76. The Kier molecular flexibility index (Phi) is 7.09. The summed E-state index contributed by atoms with van der Waals surface area (Å²) >= 11 is 3.50. The minimum absolute atomic E-state index is 0.763. The second kappa shape index (κ2) is 8.84. The summed E-state index contributed by atoms with van der Waals surface area (Å²) < 4.78 is 1.18. The summed E-state index contributed by atoms with van der Waals surface area (Å²) in [5.74, 6) is 0.783. The minimum atomic E-state index is 0.763. The fourth-order valence-corrected chi connectivity index (χ4v) is 3.27. The molecule has 1 fully saturated rings. The topological polar surface area (TPSA) is 12.0 Å². The summed E-state index contributed by atoms with van der Waals surface area (Å²) in [4.78, 5) is 0. The van der Waals surface area contributed by atoms with Crippen molar-refractivity contribution < 1.29 is 0 Å². The second-order valence-electron chi connectivity index (χ2n) is 6.14. The number of benzene rings is 1. The molecular weight excluding hydrogens is 310 g/mol. The highest BCUT2D eigenvalue weighted by Crippen LogP contribution is 2.37. The van der Waals surface area contributed by atoms with Crippen LogP contribution in [0.3, 0.4) is 0 Å². The first-order valence-electron chi connectivity index (χ1n) is 8.28. The molecule has 0 unspecified atom stereocenters. The Hall–Kier alpha value is -0.340. The summed E-state index contributed by atoms with van der Waals surface area (Å²) in [7, 11) is 0. The Morgan fingerprint density at radius 2 is 1.65 bits per heavy atom. The highest BCUT2D eigenvalue weighted by Gasteiger charge is 2.29. The minimum Gasteiger partial charge on any atom is -0.314 e. The van der Waals surface area contributed by atoms with Crippen molar-refractivity contribution in [1.29, 1.82) is 0 Å². The lowest BCUT2D eigenvalue weighted by Crippen LogP contribution is -2.40. The van der Waals surface area contributed by atoms with Crippen LogP contribution in [-0.4, -0.2) is 12.6 Å². The molecule has 1 aromatic carbocycles. The van der Waals surface area contributed by atoms with Gasteiger partial charge in [0, 0.05) is 10.5 Å². The van der Waals surface area contributed by atoms with Crippen molar-refractivity contribution in [2.24, 2.45) is 0 Å². The monoisotopic (exact) mass is 337 g/mol. The van der Waals surface area contributed by atoms with Crippen LogP contribution in [-0.2, 0) is 0 Å². The maximum atomic E-state index is 3.71. The van der Waals surface area contributed by atoms with Gasteiger partial charge in [-0.1, -0.05) is 67.1 Å². The number of nitrogens with one attached hydrogen (secondary N) is 1. The molecule has 1 aliphatic carbocycles. The van der Waals surface area contributed by atoms with Gasteiger partial charge in [0.1, 0.15) is 0 Å². The molecule has 1 saturated carbocycles.